The average molecular weight is 253 g/mol. The summed E-state index contributed by atoms with van der Waals surface area (Å²) >= 11 is 0. The first-order valence-electron chi connectivity index (χ1n) is 6.12. The van der Waals surface area contributed by atoms with Crippen LogP contribution >= 0.6 is 0 Å². The fraction of sp³-hybridized carbons (Fsp3) is 0.571. The second kappa shape index (κ2) is 6.61. The number of ether oxygens (including phenoxy) is 2. The van der Waals surface area contributed by atoms with Crippen molar-refractivity contribution in [1.29, 1.82) is 0 Å². The minimum Gasteiger partial charge on any atom is -0.493 e. The highest BCUT2D eigenvalue weighted by Gasteiger charge is 2.18. The van der Waals surface area contributed by atoms with Crippen LogP contribution in [0, 0.1) is 0 Å². The molecular formula is C14H23NO3. The lowest BCUT2D eigenvalue weighted by Gasteiger charge is -2.22. The zero-order valence-corrected chi connectivity index (χ0v) is 11.8. The summed E-state index contributed by atoms with van der Waals surface area (Å²) in [5.41, 5.74) is 0.761. The Morgan fingerprint density at radius 2 is 1.94 bits per heavy atom. The van der Waals surface area contributed by atoms with Gasteiger partial charge in [0, 0.05) is 12.1 Å². The average Bonchev–Trinajstić information content (AvgIpc) is 2.27. The second-order valence-electron chi connectivity index (χ2n) is 4.82. The minimum absolute atomic E-state index is 0.0339. The molecule has 0 fully saturated rings. The molecule has 1 rings (SSSR count). The van der Waals surface area contributed by atoms with Crippen LogP contribution in [0.25, 0.3) is 0 Å². The fourth-order valence-corrected chi connectivity index (χ4v) is 1.76. The van der Waals surface area contributed by atoms with Crippen LogP contribution in [0.2, 0.25) is 0 Å². The molecule has 4 nitrogen and oxygen atoms in total. The van der Waals surface area contributed by atoms with Gasteiger partial charge < -0.3 is 19.5 Å². The molecule has 0 aromatic heterocycles. The van der Waals surface area contributed by atoms with Crippen molar-refractivity contribution in [3.8, 4) is 11.5 Å². The van der Waals surface area contributed by atoms with Crippen molar-refractivity contribution in [3.05, 3.63) is 23.8 Å². The predicted molar refractivity (Wildman–Crippen MR) is 72.3 cm³/mol. The van der Waals surface area contributed by atoms with E-state index in [9.17, 15) is 5.11 Å². The van der Waals surface area contributed by atoms with Gasteiger partial charge >= 0.3 is 0 Å². The fourth-order valence-electron chi connectivity index (χ4n) is 1.76. The van der Waals surface area contributed by atoms with Crippen LogP contribution in [0.15, 0.2) is 18.2 Å². The third-order valence-corrected chi connectivity index (χ3v) is 2.48. The molecule has 18 heavy (non-hydrogen) atoms. The van der Waals surface area contributed by atoms with Gasteiger partial charge in [-0.15, -0.1) is 0 Å². The van der Waals surface area contributed by atoms with E-state index in [0.29, 0.717) is 18.0 Å². The van der Waals surface area contributed by atoms with Crippen LogP contribution in [0.4, 0.5) is 0 Å². The molecule has 0 spiro atoms. The van der Waals surface area contributed by atoms with Crippen molar-refractivity contribution in [3.63, 3.8) is 0 Å². The Balaban J connectivity index is 3.08. The molecule has 0 aliphatic rings. The van der Waals surface area contributed by atoms with Gasteiger partial charge in [0.15, 0.2) is 11.5 Å². The van der Waals surface area contributed by atoms with E-state index in [1.165, 1.54) is 0 Å². The molecule has 1 aromatic carbocycles. The molecular weight excluding hydrogens is 230 g/mol. The molecule has 0 heterocycles. The van der Waals surface area contributed by atoms with E-state index >= 15 is 0 Å². The monoisotopic (exact) mass is 253 g/mol. The quantitative estimate of drug-likeness (QED) is 0.843. The number of hydrogen-bond acceptors (Lipinski definition) is 4. The number of aliphatic hydroxyl groups is 1. The first-order valence-corrected chi connectivity index (χ1v) is 6.12. The molecule has 0 unspecified atom stereocenters. The number of likely N-dealkylation sites (N-methyl/N-ethyl adjacent to an activating group) is 1. The number of methoxy groups -OCH3 is 1. The van der Waals surface area contributed by atoms with Crippen LogP contribution < -0.4 is 9.47 Å². The third-order valence-electron chi connectivity index (χ3n) is 2.48. The van der Waals surface area contributed by atoms with Gasteiger partial charge in [-0.05, 0) is 34.0 Å². The van der Waals surface area contributed by atoms with E-state index < -0.39 is 6.10 Å². The number of nitrogens with zero attached hydrogens (tertiary/aromatic N) is 1. The van der Waals surface area contributed by atoms with E-state index in [-0.39, 0.29) is 6.10 Å². The molecule has 0 bridgehead atoms. The summed E-state index contributed by atoms with van der Waals surface area (Å²) in [6, 6.07) is 5.57. The summed E-state index contributed by atoms with van der Waals surface area (Å²) in [7, 11) is 5.45. The third kappa shape index (κ3) is 3.89. The van der Waals surface area contributed by atoms with Crippen molar-refractivity contribution in [2.75, 3.05) is 27.7 Å². The van der Waals surface area contributed by atoms with Crippen LogP contribution in [-0.2, 0) is 0 Å². The van der Waals surface area contributed by atoms with Gasteiger partial charge in [0.1, 0.15) is 0 Å². The molecule has 0 aliphatic heterocycles. The van der Waals surface area contributed by atoms with Gasteiger partial charge in [0.25, 0.3) is 0 Å². The lowest BCUT2D eigenvalue weighted by atomic mass is 10.1. The highest BCUT2D eigenvalue weighted by molar-refractivity contribution is 5.47. The van der Waals surface area contributed by atoms with Crippen LogP contribution in [0.1, 0.15) is 25.5 Å². The molecule has 0 radical (unpaired) electrons. The second-order valence-corrected chi connectivity index (χ2v) is 4.82. The van der Waals surface area contributed by atoms with E-state index in [0.717, 1.165) is 5.56 Å². The maximum atomic E-state index is 10.2. The summed E-state index contributed by atoms with van der Waals surface area (Å²) in [5, 5.41) is 10.2. The maximum Gasteiger partial charge on any atom is 0.167 e. The number of benzene rings is 1. The van der Waals surface area contributed by atoms with Gasteiger partial charge in [0.2, 0.25) is 0 Å². The topological polar surface area (TPSA) is 41.9 Å². The zero-order valence-electron chi connectivity index (χ0n) is 11.8. The van der Waals surface area contributed by atoms with Gasteiger partial charge in [-0.1, -0.05) is 12.1 Å². The minimum atomic E-state index is -0.594. The Labute approximate surface area is 109 Å². The SMILES string of the molecule is COc1cccc([C@@H](O)CN(C)C)c1OC(C)C. The number of para-hydroxylation sites is 1. The molecule has 4 heteroatoms. The Bertz CT molecular complexity index is 377. The Hall–Kier alpha value is -1.26. The van der Waals surface area contributed by atoms with Crippen molar-refractivity contribution in [1.82, 2.24) is 4.90 Å². The van der Waals surface area contributed by atoms with E-state index in [1.54, 1.807) is 7.11 Å². The van der Waals surface area contributed by atoms with Gasteiger partial charge in [-0.3, -0.25) is 0 Å². The first-order chi connectivity index (χ1) is 8.45. The van der Waals surface area contributed by atoms with Crippen molar-refractivity contribution in [2.45, 2.75) is 26.1 Å². The van der Waals surface area contributed by atoms with E-state index in [4.69, 9.17) is 9.47 Å². The largest absolute Gasteiger partial charge is 0.493 e. The molecule has 0 aliphatic carbocycles. The lowest BCUT2D eigenvalue weighted by Crippen LogP contribution is -2.21. The molecule has 1 N–H and O–H groups in total. The van der Waals surface area contributed by atoms with Crippen molar-refractivity contribution in [2.24, 2.45) is 0 Å². The van der Waals surface area contributed by atoms with E-state index in [1.807, 2.05) is 51.0 Å². The molecule has 1 aromatic rings. The van der Waals surface area contributed by atoms with Crippen LogP contribution in [-0.4, -0.2) is 43.9 Å². The maximum absolute atomic E-state index is 10.2. The first kappa shape index (κ1) is 14.8. The summed E-state index contributed by atoms with van der Waals surface area (Å²) < 4.78 is 11.1. The van der Waals surface area contributed by atoms with E-state index in [2.05, 4.69) is 0 Å². The highest BCUT2D eigenvalue weighted by Crippen LogP contribution is 2.35. The summed E-state index contributed by atoms with van der Waals surface area (Å²) in [4.78, 5) is 1.93. The molecule has 0 saturated heterocycles. The summed E-state index contributed by atoms with van der Waals surface area (Å²) in [6.45, 7) is 4.45. The summed E-state index contributed by atoms with van der Waals surface area (Å²) in [6.07, 6.45) is -0.560. The Morgan fingerprint density at radius 1 is 1.28 bits per heavy atom. The Morgan fingerprint density at radius 3 is 2.44 bits per heavy atom. The van der Waals surface area contributed by atoms with Gasteiger partial charge in [0.05, 0.1) is 19.3 Å². The number of aliphatic hydroxyl groups excluding tert-OH is 1. The Kier molecular flexibility index (Phi) is 5.44. The van der Waals surface area contributed by atoms with Crippen molar-refractivity contribution < 1.29 is 14.6 Å². The molecule has 102 valence electrons. The molecule has 0 amide bonds. The molecule has 1 atom stereocenters. The smallest absolute Gasteiger partial charge is 0.167 e. The predicted octanol–water partition coefficient (Wildman–Crippen LogP) is 2.08. The standard InChI is InChI=1S/C14H23NO3/c1-10(2)18-14-11(12(16)9-15(3)4)7-6-8-13(14)17-5/h6-8,10,12,16H,9H2,1-5H3/t12-/m0/s1. The zero-order chi connectivity index (χ0) is 13.7. The normalized spacial score (nSPS) is 12.9. The van der Waals surface area contributed by atoms with Gasteiger partial charge in [-0.25, -0.2) is 0 Å². The van der Waals surface area contributed by atoms with Crippen LogP contribution in [0.3, 0.4) is 0 Å². The number of rotatable bonds is 6. The summed E-state index contributed by atoms with van der Waals surface area (Å²) in [5.74, 6) is 1.28. The molecule has 0 saturated carbocycles. The highest BCUT2D eigenvalue weighted by atomic mass is 16.5. The van der Waals surface area contributed by atoms with Crippen LogP contribution in [0.5, 0.6) is 11.5 Å². The lowest BCUT2D eigenvalue weighted by molar-refractivity contribution is 0.130. The number of hydrogen-bond donors (Lipinski definition) is 1. The van der Waals surface area contributed by atoms with Crippen molar-refractivity contribution >= 4 is 0 Å². The van der Waals surface area contributed by atoms with Gasteiger partial charge in [-0.2, -0.15) is 0 Å².